The average molecular weight is 174 g/mol. The fourth-order valence-electron chi connectivity index (χ4n) is 0.829. The minimum atomic E-state index is -0.358. The van der Waals surface area contributed by atoms with Crippen molar-refractivity contribution in [3.8, 4) is 0 Å². The van der Waals surface area contributed by atoms with E-state index in [1.54, 1.807) is 0 Å². The van der Waals surface area contributed by atoms with Crippen molar-refractivity contribution in [2.45, 2.75) is 25.9 Å². The van der Waals surface area contributed by atoms with E-state index in [1.165, 1.54) is 21.1 Å². The first-order chi connectivity index (χ1) is 5.60. The molecule has 70 valence electrons. The van der Waals surface area contributed by atoms with Gasteiger partial charge >= 0.3 is 5.97 Å². The van der Waals surface area contributed by atoms with Gasteiger partial charge in [-0.15, -0.1) is 0 Å². The lowest BCUT2D eigenvalue weighted by Gasteiger charge is -2.11. The molecule has 1 atom stereocenters. The molecule has 0 amide bonds. The second kappa shape index (κ2) is 5.71. The molecule has 1 unspecified atom stereocenters. The van der Waals surface area contributed by atoms with E-state index in [4.69, 9.17) is 4.74 Å². The third kappa shape index (κ3) is 4.85. The van der Waals surface area contributed by atoms with Gasteiger partial charge in [0.1, 0.15) is 5.78 Å². The maximum atomic E-state index is 10.7. The van der Waals surface area contributed by atoms with Crippen LogP contribution in [0.4, 0.5) is 0 Å². The highest BCUT2D eigenvalue weighted by molar-refractivity contribution is 5.77. The molecule has 0 saturated heterocycles. The van der Waals surface area contributed by atoms with Crippen LogP contribution in [0, 0.1) is 0 Å². The second-order valence-corrected chi connectivity index (χ2v) is 2.54. The molecule has 0 aliphatic heterocycles. The highest BCUT2D eigenvalue weighted by Crippen LogP contribution is 2.04. The van der Waals surface area contributed by atoms with Crippen molar-refractivity contribution < 1.29 is 19.1 Å². The smallest absolute Gasteiger partial charge is 0.308 e. The van der Waals surface area contributed by atoms with Crippen LogP contribution in [0.1, 0.15) is 19.8 Å². The van der Waals surface area contributed by atoms with Crippen LogP contribution in [-0.2, 0) is 19.1 Å². The Kier molecular flexibility index (Phi) is 5.28. The molecule has 0 aromatic heterocycles. The summed E-state index contributed by atoms with van der Waals surface area (Å²) in [7, 11) is 2.78. The molecule has 0 N–H and O–H groups in total. The van der Waals surface area contributed by atoms with E-state index in [2.05, 4.69) is 4.74 Å². The first-order valence-corrected chi connectivity index (χ1v) is 3.69. The van der Waals surface area contributed by atoms with E-state index in [0.717, 1.165) is 0 Å². The topological polar surface area (TPSA) is 52.6 Å². The van der Waals surface area contributed by atoms with Gasteiger partial charge in [-0.1, -0.05) is 0 Å². The van der Waals surface area contributed by atoms with Crippen LogP contribution in [0.25, 0.3) is 0 Å². The Hall–Kier alpha value is -0.900. The number of esters is 1. The third-order valence-corrected chi connectivity index (χ3v) is 1.47. The van der Waals surface area contributed by atoms with Gasteiger partial charge in [0.15, 0.2) is 0 Å². The summed E-state index contributed by atoms with van der Waals surface area (Å²) in [6, 6.07) is 0. The van der Waals surface area contributed by atoms with Gasteiger partial charge in [-0.25, -0.2) is 0 Å². The Bertz CT molecular complexity index is 164. The van der Waals surface area contributed by atoms with Crippen molar-refractivity contribution >= 4 is 11.8 Å². The van der Waals surface area contributed by atoms with Crippen molar-refractivity contribution in [1.29, 1.82) is 0 Å². The average Bonchev–Trinajstić information content (AvgIpc) is 2.02. The standard InChI is InChI=1S/C8H14O4/c1-6(9)4-7(11-2)5-8(10)12-3/h7H,4-5H2,1-3H3. The van der Waals surface area contributed by atoms with E-state index in [1.807, 2.05) is 0 Å². The zero-order valence-corrected chi connectivity index (χ0v) is 7.62. The lowest BCUT2D eigenvalue weighted by molar-refractivity contribution is -0.143. The first kappa shape index (κ1) is 11.1. The van der Waals surface area contributed by atoms with Gasteiger partial charge in [0.25, 0.3) is 0 Å². The summed E-state index contributed by atoms with van der Waals surface area (Å²) in [6.07, 6.45) is 0.0352. The van der Waals surface area contributed by atoms with Crippen LogP contribution in [0.2, 0.25) is 0 Å². The maximum Gasteiger partial charge on any atom is 0.308 e. The Balaban J connectivity index is 3.82. The van der Waals surface area contributed by atoms with Crippen molar-refractivity contribution in [3.05, 3.63) is 0 Å². The van der Waals surface area contributed by atoms with Gasteiger partial charge in [-0.2, -0.15) is 0 Å². The summed E-state index contributed by atoms with van der Waals surface area (Å²) in [5, 5.41) is 0. The molecule has 0 spiro atoms. The quantitative estimate of drug-likeness (QED) is 0.571. The van der Waals surface area contributed by atoms with Crippen molar-refractivity contribution in [1.82, 2.24) is 0 Å². The minimum absolute atomic E-state index is 0.00533. The Morgan fingerprint density at radius 2 is 1.83 bits per heavy atom. The van der Waals surface area contributed by atoms with Crippen molar-refractivity contribution in [2.24, 2.45) is 0 Å². The van der Waals surface area contributed by atoms with Crippen molar-refractivity contribution in [3.63, 3.8) is 0 Å². The fraction of sp³-hybridized carbons (Fsp3) is 0.750. The zero-order valence-electron chi connectivity index (χ0n) is 7.62. The zero-order chi connectivity index (χ0) is 9.56. The van der Waals surface area contributed by atoms with Crippen LogP contribution in [0.3, 0.4) is 0 Å². The number of hydrogen-bond donors (Lipinski definition) is 0. The SMILES string of the molecule is COC(=O)CC(CC(C)=O)OC. The summed E-state index contributed by atoms with van der Waals surface area (Å²) in [4.78, 5) is 21.4. The van der Waals surface area contributed by atoms with Gasteiger partial charge < -0.3 is 9.47 Å². The molecule has 0 aliphatic carbocycles. The largest absolute Gasteiger partial charge is 0.469 e. The van der Waals surface area contributed by atoms with Gasteiger partial charge in [-0.3, -0.25) is 9.59 Å². The monoisotopic (exact) mass is 174 g/mol. The molecule has 0 heterocycles. The lowest BCUT2D eigenvalue weighted by Crippen LogP contribution is -2.19. The van der Waals surface area contributed by atoms with E-state index >= 15 is 0 Å². The Morgan fingerprint density at radius 3 is 2.17 bits per heavy atom. The van der Waals surface area contributed by atoms with Gasteiger partial charge in [-0.05, 0) is 6.92 Å². The summed E-state index contributed by atoms with van der Waals surface area (Å²) in [5.74, 6) is -0.353. The molecule has 0 radical (unpaired) electrons. The number of ketones is 1. The number of hydrogen-bond acceptors (Lipinski definition) is 4. The summed E-state index contributed by atoms with van der Waals surface area (Å²) < 4.78 is 9.35. The lowest BCUT2D eigenvalue weighted by atomic mass is 10.1. The summed E-state index contributed by atoms with van der Waals surface area (Å²) >= 11 is 0. The Labute approximate surface area is 71.8 Å². The number of methoxy groups -OCH3 is 2. The molecular formula is C8H14O4. The predicted molar refractivity (Wildman–Crippen MR) is 42.7 cm³/mol. The maximum absolute atomic E-state index is 10.7. The molecule has 0 rings (SSSR count). The third-order valence-electron chi connectivity index (χ3n) is 1.47. The van der Waals surface area contributed by atoms with Crippen molar-refractivity contribution in [2.75, 3.05) is 14.2 Å². The highest BCUT2D eigenvalue weighted by Gasteiger charge is 2.14. The van der Waals surface area contributed by atoms with Gasteiger partial charge in [0, 0.05) is 13.5 Å². The van der Waals surface area contributed by atoms with Gasteiger partial charge in [0.05, 0.1) is 19.6 Å². The second-order valence-electron chi connectivity index (χ2n) is 2.54. The molecule has 12 heavy (non-hydrogen) atoms. The normalized spacial score (nSPS) is 12.2. The predicted octanol–water partition coefficient (Wildman–Crippen LogP) is 0.544. The first-order valence-electron chi connectivity index (χ1n) is 3.69. The number of rotatable bonds is 5. The van der Waals surface area contributed by atoms with Crippen LogP contribution < -0.4 is 0 Å². The summed E-state index contributed by atoms with van der Waals surface area (Å²) in [6.45, 7) is 1.46. The van der Waals surface area contributed by atoms with E-state index in [0.29, 0.717) is 0 Å². The minimum Gasteiger partial charge on any atom is -0.469 e. The van der Waals surface area contributed by atoms with E-state index in [9.17, 15) is 9.59 Å². The van der Waals surface area contributed by atoms with Gasteiger partial charge in [0.2, 0.25) is 0 Å². The Morgan fingerprint density at radius 1 is 1.25 bits per heavy atom. The van der Waals surface area contributed by atoms with E-state index < -0.39 is 0 Å². The number of ether oxygens (including phenoxy) is 2. The summed E-state index contributed by atoms with van der Waals surface area (Å²) in [5.41, 5.74) is 0. The molecule has 0 fully saturated rings. The molecule has 0 aliphatic rings. The van der Waals surface area contributed by atoms with Crippen LogP contribution >= 0.6 is 0 Å². The van der Waals surface area contributed by atoms with Crippen LogP contribution in [0.5, 0.6) is 0 Å². The van der Waals surface area contributed by atoms with E-state index in [-0.39, 0.29) is 30.7 Å². The number of carbonyl (C=O) groups excluding carboxylic acids is 2. The molecule has 4 heteroatoms. The molecular weight excluding hydrogens is 160 g/mol. The molecule has 0 bridgehead atoms. The van der Waals surface area contributed by atoms with Crippen LogP contribution in [-0.4, -0.2) is 32.1 Å². The number of Topliss-reactive ketones (excluding diaryl/α,β-unsaturated/α-hetero) is 1. The molecule has 0 aromatic carbocycles. The highest BCUT2D eigenvalue weighted by atomic mass is 16.5. The molecule has 0 saturated carbocycles. The van der Waals surface area contributed by atoms with Crippen LogP contribution in [0.15, 0.2) is 0 Å². The number of carbonyl (C=O) groups is 2. The molecule has 0 aromatic rings. The fourth-order valence-corrected chi connectivity index (χ4v) is 0.829. The molecule has 4 nitrogen and oxygen atoms in total.